The first-order valence-corrected chi connectivity index (χ1v) is 3.13. The second-order valence-electron chi connectivity index (χ2n) is 1.49. The SMILES string of the molecule is CC(O)CO.CC=CCl. The lowest BCUT2D eigenvalue weighted by atomic mass is 10.5. The Kier molecular flexibility index (Phi) is 14.1. The van der Waals surface area contributed by atoms with E-state index in [1.54, 1.807) is 6.08 Å². The van der Waals surface area contributed by atoms with Crippen LogP contribution in [0.3, 0.4) is 0 Å². The van der Waals surface area contributed by atoms with Gasteiger partial charge in [0, 0.05) is 0 Å². The summed E-state index contributed by atoms with van der Waals surface area (Å²) < 4.78 is 0. The van der Waals surface area contributed by atoms with Crippen molar-refractivity contribution in [3.63, 3.8) is 0 Å². The van der Waals surface area contributed by atoms with Crippen LogP contribution in [0.15, 0.2) is 11.6 Å². The van der Waals surface area contributed by atoms with Crippen LogP contribution in [0.25, 0.3) is 0 Å². The number of halogens is 1. The minimum absolute atomic E-state index is 0.139. The topological polar surface area (TPSA) is 40.5 Å². The summed E-state index contributed by atoms with van der Waals surface area (Å²) in [6, 6.07) is 0. The van der Waals surface area contributed by atoms with Gasteiger partial charge in [-0.1, -0.05) is 17.7 Å². The quantitative estimate of drug-likeness (QED) is 0.591. The van der Waals surface area contributed by atoms with E-state index in [9.17, 15) is 0 Å². The molecule has 0 saturated heterocycles. The largest absolute Gasteiger partial charge is 0.394 e. The molecule has 0 aliphatic carbocycles. The summed E-state index contributed by atoms with van der Waals surface area (Å²) in [5, 5.41) is 16.0. The van der Waals surface area contributed by atoms with E-state index in [-0.39, 0.29) is 6.61 Å². The highest BCUT2D eigenvalue weighted by Crippen LogP contribution is 1.70. The van der Waals surface area contributed by atoms with Crippen molar-refractivity contribution < 1.29 is 10.2 Å². The summed E-state index contributed by atoms with van der Waals surface area (Å²) in [5.41, 5.74) is 1.47. The predicted molar refractivity (Wildman–Crippen MR) is 39.4 cm³/mol. The summed E-state index contributed by atoms with van der Waals surface area (Å²) >= 11 is 5.01. The maximum absolute atomic E-state index is 8.11. The van der Waals surface area contributed by atoms with Gasteiger partial charge in [-0.3, -0.25) is 0 Å². The Morgan fingerprint density at radius 1 is 1.67 bits per heavy atom. The predicted octanol–water partition coefficient (Wildman–Crippen LogP) is 1.12. The van der Waals surface area contributed by atoms with Crippen molar-refractivity contribution in [3.8, 4) is 0 Å². The smallest absolute Gasteiger partial charge is 0.0742 e. The Balaban J connectivity index is 0. The number of hydrogen-bond acceptors (Lipinski definition) is 2. The molecule has 0 fully saturated rings. The molecular weight excluding hydrogens is 140 g/mol. The van der Waals surface area contributed by atoms with Crippen LogP contribution in [0.4, 0.5) is 0 Å². The zero-order chi connectivity index (χ0) is 7.70. The fraction of sp³-hybridized carbons (Fsp3) is 0.667. The minimum Gasteiger partial charge on any atom is -0.394 e. The van der Waals surface area contributed by atoms with E-state index in [1.807, 2.05) is 6.92 Å². The van der Waals surface area contributed by atoms with Gasteiger partial charge in [-0.2, -0.15) is 0 Å². The third-order valence-electron chi connectivity index (χ3n) is 0.390. The van der Waals surface area contributed by atoms with E-state index < -0.39 is 6.10 Å². The Bertz CT molecular complexity index is 58.1. The first kappa shape index (κ1) is 11.7. The summed E-state index contributed by atoms with van der Waals surface area (Å²) in [6.45, 7) is 3.26. The first-order valence-electron chi connectivity index (χ1n) is 2.69. The molecule has 0 heterocycles. The lowest BCUT2D eigenvalue weighted by Gasteiger charge is -1.90. The normalized spacial score (nSPS) is 12.6. The van der Waals surface area contributed by atoms with Gasteiger partial charge in [-0.05, 0) is 19.4 Å². The lowest BCUT2D eigenvalue weighted by Crippen LogP contribution is -2.03. The van der Waals surface area contributed by atoms with Crippen LogP contribution >= 0.6 is 11.6 Å². The van der Waals surface area contributed by atoms with E-state index in [1.165, 1.54) is 12.5 Å². The van der Waals surface area contributed by atoms with E-state index in [4.69, 9.17) is 21.8 Å². The second kappa shape index (κ2) is 10.8. The summed E-state index contributed by atoms with van der Waals surface area (Å²) in [7, 11) is 0. The molecule has 9 heavy (non-hydrogen) atoms. The zero-order valence-electron chi connectivity index (χ0n) is 5.71. The summed E-state index contributed by atoms with van der Waals surface area (Å²) in [4.78, 5) is 0. The number of allylic oxidation sites excluding steroid dienone is 1. The number of rotatable bonds is 1. The zero-order valence-corrected chi connectivity index (χ0v) is 6.47. The second-order valence-corrected chi connectivity index (χ2v) is 1.74. The lowest BCUT2D eigenvalue weighted by molar-refractivity contribution is 0.110. The van der Waals surface area contributed by atoms with Crippen LogP contribution in [0.1, 0.15) is 13.8 Å². The van der Waals surface area contributed by atoms with Gasteiger partial charge in [-0.15, -0.1) is 0 Å². The summed E-state index contributed by atoms with van der Waals surface area (Å²) in [5.74, 6) is 0. The molecular formula is C6H13ClO2. The van der Waals surface area contributed by atoms with Crippen molar-refractivity contribution >= 4 is 11.6 Å². The van der Waals surface area contributed by atoms with Crippen molar-refractivity contribution in [2.45, 2.75) is 20.0 Å². The Morgan fingerprint density at radius 3 is 1.89 bits per heavy atom. The van der Waals surface area contributed by atoms with Crippen molar-refractivity contribution in [2.75, 3.05) is 6.61 Å². The Hall–Kier alpha value is -0.0500. The van der Waals surface area contributed by atoms with E-state index >= 15 is 0 Å². The number of aliphatic hydroxyl groups is 2. The van der Waals surface area contributed by atoms with Gasteiger partial charge in [-0.25, -0.2) is 0 Å². The van der Waals surface area contributed by atoms with E-state index in [0.717, 1.165) is 0 Å². The number of aliphatic hydroxyl groups excluding tert-OH is 2. The van der Waals surface area contributed by atoms with Crippen LogP contribution in [-0.4, -0.2) is 22.9 Å². The van der Waals surface area contributed by atoms with Crippen LogP contribution in [0, 0.1) is 0 Å². The van der Waals surface area contributed by atoms with E-state index in [2.05, 4.69) is 0 Å². The van der Waals surface area contributed by atoms with Crippen molar-refractivity contribution in [1.82, 2.24) is 0 Å². The monoisotopic (exact) mass is 152 g/mol. The first-order chi connectivity index (χ1) is 4.18. The van der Waals surface area contributed by atoms with Gasteiger partial charge in [0.15, 0.2) is 0 Å². The maximum Gasteiger partial charge on any atom is 0.0742 e. The van der Waals surface area contributed by atoms with Gasteiger partial charge < -0.3 is 10.2 Å². The third kappa shape index (κ3) is 32.3. The maximum atomic E-state index is 8.11. The average molecular weight is 153 g/mol. The van der Waals surface area contributed by atoms with Crippen molar-refractivity contribution in [1.29, 1.82) is 0 Å². The highest BCUT2D eigenvalue weighted by molar-refractivity contribution is 6.25. The Morgan fingerprint density at radius 2 is 1.89 bits per heavy atom. The molecule has 0 bridgehead atoms. The molecule has 56 valence electrons. The standard InChI is InChI=1S/C3H5Cl.C3H8O2/c1-2-3-4;1-3(5)2-4/h2-3H,1H3;3-5H,2H2,1H3. The molecule has 0 rings (SSSR count). The molecule has 3 heteroatoms. The highest BCUT2D eigenvalue weighted by atomic mass is 35.5. The van der Waals surface area contributed by atoms with Gasteiger partial charge in [0.25, 0.3) is 0 Å². The van der Waals surface area contributed by atoms with Gasteiger partial charge in [0.05, 0.1) is 12.7 Å². The molecule has 0 aromatic carbocycles. The van der Waals surface area contributed by atoms with Crippen molar-refractivity contribution in [3.05, 3.63) is 11.6 Å². The fourth-order valence-electron chi connectivity index (χ4n) is 0. The van der Waals surface area contributed by atoms with Crippen LogP contribution in [0.5, 0.6) is 0 Å². The highest BCUT2D eigenvalue weighted by Gasteiger charge is 1.83. The third-order valence-corrected chi connectivity index (χ3v) is 0.642. The molecule has 0 aliphatic rings. The van der Waals surface area contributed by atoms with Crippen LogP contribution in [-0.2, 0) is 0 Å². The molecule has 0 aromatic rings. The van der Waals surface area contributed by atoms with Crippen LogP contribution < -0.4 is 0 Å². The average Bonchev–Trinajstić information content (AvgIpc) is 1.89. The number of hydrogen-bond donors (Lipinski definition) is 2. The van der Waals surface area contributed by atoms with Gasteiger partial charge in [0.1, 0.15) is 0 Å². The molecule has 1 atom stereocenters. The molecule has 1 unspecified atom stereocenters. The molecule has 0 spiro atoms. The molecule has 0 aromatic heterocycles. The van der Waals surface area contributed by atoms with Gasteiger partial charge >= 0.3 is 0 Å². The molecule has 2 N–H and O–H groups in total. The van der Waals surface area contributed by atoms with Gasteiger partial charge in [0.2, 0.25) is 0 Å². The van der Waals surface area contributed by atoms with Crippen molar-refractivity contribution in [2.24, 2.45) is 0 Å². The van der Waals surface area contributed by atoms with E-state index in [0.29, 0.717) is 0 Å². The summed E-state index contributed by atoms with van der Waals surface area (Å²) in [6.07, 6.45) is 1.21. The Labute approximate surface area is 60.8 Å². The minimum atomic E-state index is -0.560. The molecule has 0 radical (unpaired) electrons. The molecule has 0 saturated carbocycles. The van der Waals surface area contributed by atoms with Crippen LogP contribution in [0.2, 0.25) is 0 Å². The molecule has 2 nitrogen and oxygen atoms in total. The molecule has 0 aliphatic heterocycles. The molecule has 0 amide bonds. The fourth-order valence-corrected chi connectivity index (χ4v) is 0.